The maximum absolute atomic E-state index is 5.36. The minimum Gasteiger partial charge on any atom is -0.408 e. The van der Waals surface area contributed by atoms with E-state index in [2.05, 4.69) is 11.6 Å². The predicted molar refractivity (Wildman–Crippen MR) is 60.4 cm³/mol. The van der Waals surface area contributed by atoms with Gasteiger partial charge in [0, 0.05) is 23.8 Å². The second-order valence-electron chi connectivity index (χ2n) is 3.21. The van der Waals surface area contributed by atoms with Crippen molar-refractivity contribution in [2.45, 2.75) is 45.4 Å². The van der Waals surface area contributed by atoms with Gasteiger partial charge in [0.15, 0.2) is 9.92 Å². The molecular formula is C9H17NOS2. The zero-order valence-electron chi connectivity index (χ0n) is 8.04. The van der Waals surface area contributed by atoms with Crippen LogP contribution >= 0.6 is 0 Å². The molecule has 0 saturated heterocycles. The highest BCUT2D eigenvalue weighted by Crippen LogP contribution is 2.15. The van der Waals surface area contributed by atoms with Crippen molar-refractivity contribution >= 4 is 21.1 Å². The standard InChI is InChI=1S/C9H17NOS2/c1-2-3-4-5-6-7-9-8-10-13(12)11-9/h8,10H,2-7H2,1H3. The molecule has 1 rings (SSSR count). The van der Waals surface area contributed by atoms with Crippen LogP contribution in [0.25, 0.3) is 0 Å². The first-order valence-electron chi connectivity index (χ1n) is 4.88. The molecule has 1 aliphatic heterocycles. The van der Waals surface area contributed by atoms with E-state index in [9.17, 15) is 0 Å². The summed E-state index contributed by atoms with van der Waals surface area (Å²) in [5.41, 5.74) is 0. The third-order valence-electron chi connectivity index (χ3n) is 2.03. The van der Waals surface area contributed by atoms with Crippen LogP contribution in [0, 0.1) is 0 Å². The summed E-state index contributed by atoms with van der Waals surface area (Å²) in [4.78, 5) is 0. The van der Waals surface area contributed by atoms with E-state index in [1.165, 1.54) is 32.1 Å². The van der Waals surface area contributed by atoms with Gasteiger partial charge in [-0.1, -0.05) is 32.6 Å². The fourth-order valence-electron chi connectivity index (χ4n) is 1.28. The number of hydrogen-bond acceptors (Lipinski definition) is 2. The first-order chi connectivity index (χ1) is 6.33. The SMILES string of the molecule is CCCCCCCC1=CNS(=S)O1. The molecule has 13 heavy (non-hydrogen) atoms. The third-order valence-corrected chi connectivity index (χ3v) is 3.19. The van der Waals surface area contributed by atoms with Crippen LogP contribution in [-0.2, 0) is 25.3 Å². The number of allylic oxidation sites excluding steroid dienone is 1. The number of unbranched alkanes of at least 4 members (excludes halogenated alkanes) is 4. The second kappa shape index (κ2) is 6.38. The molecular weight excluding hydrogens is 202 g/mol. The molecule has 0 amide bonds. The Bertz CT molecular complexity index is 204. The Morgan fingerprint density at radius 3 is 2.77 bits per heavy atom. The van der Waals surface area contributed by atoms with Crippen molar-refractivity contribution in [2.24, 2.45) is 0 Å². The third kappa shape index (κ3) is 4.62. The number of hydrogen-bond donors (Lipinski definition) is 1. The van der Waals surface area contributed by atoms with Crippen LogP contribution in [0.3, 0.4) is 0 Å². The molecule has 0 spiro atoms. The van der Waals surface area contributed by atoms with E-state index >= 15 is 0 Å². The average molecular weight is 219 g/mol. The summed E-state index contributed by atoms with van der Waals surface area (Å²) < 4.78 is 8.34. The van der Waals surface area contributed by atoms with Crippen LogP contribution in [-0.4, -0.2) is 0 Å². The van der Waals surface area contributed by atoms with Crippen molar-refractivity contribution in [3.05, 3.63) is 12.0 Å². The monoisotopic (exact) mass is 219 g/mol. The highest BCUT2D eigenvalue weighted by Gasteiger charge is 2.07. The molecule has 0 fully saturated rings. The summed E-state index contributed by atoms with van der Waals surface area (Å²) in [6, 6.07) is 0. The Balaban J connectivity index is 1.97. The van der Waals surface area contributed by atoms with E-state index in [0.29, 0.717) is 0 Å². The van der Waals surface area contributed by atoms with Crippen molar-refractivity contribution in [3.8, 4) is 0 Å². The topological polar surface area (TPSA) is 21.3 Å². The molecule has 0 aromatic carbocycles. The molecule has 0 aliphatic carbocycles. The van der Waals surface area contributed by atoms with Crippen molar-refractivity contribution in [1.29, 1.82) is 0 Å². The zero-order chi connectivity index (χ0) is 9.52. The molecule has 1 heterocycles. The lowest BCUT2D eigenvalue weighted by Gasteiger charge is -2.01. The van der Waals surface area contributed by atoms with Gasteiger partial charge in [-0.05, 0) is 6.42 Å². The molecule has 4 heteroatoms. The van der Waals surface area contributed by atoms with Crippen LogP contribution in [0.1, 0.15) is 45.4 Å². The molecule has 0 bridgehead atoms. The van der Waals surface area contributed by atoms with Gasteiger partial charge in [-0.25, -0.2) is 0 Å². The summed E-state index contributed by atoms with van der Waals surface area (Å²) >= 11 is 4.94. The van der Waals surface area contributed by atoms with Gasteiger partial charge < -0.3 is 4.18 Å². The van der Waals surface area contributed by atoms with Crippen molar-refractivity contribution in [1.82, 2.24) is 4.72 Å². The van der Waals surface area contributed by atoms with Gasteiger partial charge in [0.2, 0.25) is 0 Å². The fraction of sp³-hybridized carbons (Fsp3) is 0.778. The van der Waals surface area contributed by atoms with E-state index in [4.69, 9.17) is 15.4 Å². The van der Waals surface area contributed by atoms with Crippen LogP contribution < -0.4 is 4.72 Å². The van der Waals surface area contributed by atoms with Gasteiger partial charge in [-0.15, -0.1) is 0 Å². The van der Waals surface area contributed by atoms with Gasteiger partial charge in [-0.3, -0.25) is 4.72 Å². The van der Waals surface area contributed by atoms with E-state index in [-0.39, 0.29) is 0 Å². The molecule has 1 atom stereocenters. The lowest BCUT2D eigenvalue weighted by atomic mass is 10.1. The summed E-state index contributed by atoms with van der Waals surface area (Å²) in [7, 11) is -0.471. The maximum Gasteiger partial charge on any atom is 0.161 e. The molecule has 1 unspecified atom stereocenters. The second-order valence-corrected chi connectivity index (χ2v) is 4.99. The summed E-state index contributed by atoms with van der Waals surface area (Å²) in [5, 5.41) is 0. The van der Waals surface area contributed by atoms with Crippen LogP contribution in [0.4, 0.5) is 0 Å². The van der Waals surface area contributed by atoms with Crippen molar-refractivity contribution in [3.63, 3.8) is 0 Å². The maximum atomic E-state index is 5.36. The Kier molecular flexibility index (Phi) is 5.39. The predicted octanol–water partition coefficient (Wildman–Crippen LogP) is 2.72. The number of nitrogens with one attached hydrogen (secondary N) is 1. The largest absolute Gasteiger partial charge is 0.408 e. The Morgan fingerprint density at radius 2 is 2.15 bits per heavy atom. The quantitative estimate of drug-likeness (QED) is 0.694. The highest BCUT2D eigenvalue weighted by atomic mass is 32.8. The molecule has 1 aliphatic rings. The first kappa shape index (κ1) is 11.0. The van der Waals surface area contributed by atoms with E-state index in [1.807, 2.05) is 6.20 Å². The van der Waals surface area contributed by atoms with E-state index < -0.39 is 9.92 Å². The van der Waals surface area contributed by atoms with E-state index in [1.54, 1.807) is 0 Å². The Labute approximate surface area is 87.7 Å². The Morgan fingerprint density at radius 1 is 1.38 bits per heavy atom. The minimum absolute atomic E-state index is 0.471. The summed E-state index contributed by atoms with van der Waals surface area (Å²) in [5.74, 6) is 1.04. The van der Waals surface area contributed by atoms with E-state index in [0.717, 1.165) is 12.2 Å². The van der Waals surface area contributed by atoms with Crippen LogP contribution in [0.15, 0.2) is 12.0 Å². The van der Waals surface area contributed by atoms with Gasteiger partial charge in [-0.2, -0.15) is 0 Å². The molecule has 0 saturated carbocycles. The fourth-order valence-corrected chi connectivity index (χ4v) is 2.28. The lowest BCUT2D eigenvalue weighted by molar-refractivity contribution is 0.460. The number of rotatable bonds is 6. The summed E-state index contributed by atoms with van der Waals surface area (Å²) in [6.45, 7) is 2.23. The Hall–Kier alpha value is -0.0900. The van der Waals surface area contributed by atoms with Gasteiger partial charge in [0.1, 0.15) is 5.76 Å². The summed E-state index contributed by atoms with van der Waals surface area (Å²) in [6.07, 6.45) is 9.48. The van der Waals surface area contributed by atoms with Crippen molar-refractivity contribution < 1.29 is 4.18 Å². The normalized spacial score (nSPS) is 20.7. The lowest BCUT2D eigenvalue weighted by Crippen LogP contribution is -2.00. The average Bonchev–Trinajstić information content (AvgIpc) is 2.51. The van der Waals surface area contributed by atoms with Crippen LogP contribution in [0.2, 0.25) is 0 Å². The molecule has 2 nitrogen and oxygen atoms in total. The highest BCUT2D eigenvalue weighted by molar-refractivity contribution is 8.25. The molecule has 0 aromatic heterocycles. The minimum atomic E-state index is -0.471. The zero-order valence-corrected chi connectivity index (χ0v) is 9.68. The molecule has 0 aromatic rings. The molecule has 0 radical (unpaired) electrons. The van der Waals surface area contributed by atoms with Gasteiger partial charge in [0.05, 0.1) is 0 Å². The smallest absolute Gasteiger partial charge is 0.161 e. The molecule has 1 N–H and O–H groups in total. The van der Waals surface area contributed by atoms with Gasteiger partial charge in [0.25, 0.3) is 0 Å². The first-order valence-corrected chi connectivity index (χ1v) is 6.95. The van der Waals surface area contributed by atoms with Gasteiger partial charge >= 0.3 is 0 Å². The van der Waals surface area contributed by atoms with Crippen molar-refractivity contribution in [2.75, 3.05) is 0 Å². The molecule has 76 valence electrons. The van der Waals surface area contributed by atoms with Crippen LogP contribution in [0.5, 0.6) is 0 Å².